The second-order valence-corrected chi connectivity index (χ2v) is 4.94. The van der Waals surface area contributed by atoms with Crippen LogP contribution >= 0.6 is 0 Å². The summed E-state index contributed by atoms with van der Waals surface area (Å²) in [6, 6.07) is 16.6. The largest absolute Gasteiger partial charge is 0.397 e. The van der Waals surface area contributed by atoms with Crippen molar-refractivity contribution in [3.63, 3.8) is 0 Å². The average molecular weight is 266 g/mol. The maximum atomic E-state index is 6.15. The molecule has 0 spiro atoms. The second kappa shape index (κ2) is 5.39. The van der Waals surface area contributed by atoms with Gasteiger partial charge in [-0.05, 0) is 35.7 Å². The van der Waals surface area contributed by atoms with Gasteiger partial charge < -0.3 is 15.5 Å². The molecule has 0 aliphatic carbocycles. The molecule has 1 heterocycles. The standard InChI is InChI=1S/C17H18N2O/c1-20-8-7-12-9-14-11-16(13-5-3-2-4-6-13)19-17(14)15(18)10-12/h2-6,9-11,19H,7-8,18H2,1H3. The van der Waals surface area contributed by atoms with Crippen LogP contribution in [-0.2, 0) is 11.2 Å². The number of aromatic nitrogens is 1. The third-order valence-corrected chi connectivity index (χ3v) is 3.50. The maximum absolute atomic E-state index is 6.15. The predicted molar refractivity (Wildman–Crippen MR) is 83.7 cm³/mol. The molecule has 0 fully saturated rings. The van der Waals surface area contributed by atoms with Gasteiger partial charge in [-0.25, -0.2) is 0 Å². The lowest BCUT2D eigenvalue weighted by Crippen LogP contribution is -1.96. The molecule has 3 rings (SSSR count). The summed E-state index contributed by atoms with van der Waals surface area (Å²) in [5.41, 5.74) is 11.4. The van der Waals surface area contributed by atoms with Gasteiger partial charge in [0.15, 0.2) is 0 Å². The Morgan fingerprint density at radius 1 is 1.10 bits per heavy atom. The van der Waals surface area contributed by atoms with Crippen molar-refractivity contribution in [2.24, 2.45) is 0 Å². The van der Waals surface area contributed by atoms with Crippen LogP contribution in [0.25, 0.3) is 22.2 Å². The van der Waals surface area contributed by atoms with Crippen molar-refractivity contribution in [2.75, 3.05) is 19.5 Å². The number of hydrogen-bond acceptors (Lipinski definition) is 2. The summed E-state index contributed by atoms with van der Waals surface area (Å²) in [5.74, 6) is 0. The number of fused-ring (bicyclic) bond motifs is 1. The highest BCUT2D eigenvalue weighted by Gasteiger charge is 2.07. The number of methoxy groups -OCH3 is 1. The fourth-order valence-electron chi connectivity index (χ4n) is 2.47. The van der Waals surface area contributed by atoms with E-state index in [1.165, 1.54) is 11.1 Å². The van der Waals surface area contributed by atoms with Gasteiger partial charge in [0.2, 0.25) is 0 Å². The van der Waals surface area contributed by atoms with Crippen LogP contribution in [0, 0.1) is 0 Å². The predicted octanol–water partition coefficient (Wildman–Crippen LogP) is 3.61. The van der Waals surface area contributed by atoms with Crippen molar-refractivity contribution in [3.05, 3.63) is 54.1 Å². The highest BCUT2D eigenvalue weighted by Crippen LogP contribution is 2.28. The van der Waals surface area contributed by atoms with E-state index in [1.54, 1.807) is 7.11 Å². The second-order valence-electron chi connectivity index (χ2n) is 4.94. The molecular weight excluding hydrogens is 248 g/mol. The zero-order valence-corrected chi connectivity index (χ0v) is 11.5. The summed E-state index contributed by atoms with van der Waals surface area (Å²) in [6.45, 7) is 0.709. The van der Waals surface area contributed by atoms with E-state index in [1.807, 2.05) is 24.3 Å². The van der Waals surface area contributed by atoms with Gasteiger partial charge in [0, 0.05) is 18.2 Å². The lowest BCUT2D eigenvalue weighted by Gasteiger charge is -2.03. The number of benzene rings is 2. The molecule has 3 nitrogen and oxygen atoms in total. The van der Waals surface area contributed by atoms with Crippen molar-refractivity contribution < 1.29 is 4.74 Å². The fourth-order valence-corrected chi connectivity index (χ4v) is 2.47. The van der Waals surface area contributed by atoms with Crippen LogP contribution in [0.4, 0.5) is 5.69 Å². The minimum Gasteiger partial charge on any atom is -0.397 e. The monoisotopic (exact) mass is 266 g/mol. The summed E-state index contributed by atoms with van der Waals surface area (Å²) in [7, 11) is 1.71. The average Bonchev–Trinajstić information content (AvgIpc) is 2.91. The molecule has 0 amide bonds. The Kier molecular flexibility index (Phi) is 3.44. The molecule has 1 aromatic heterocycles. The minimum atomic E-state index is 0.709. The third kappa shape index (κ3) is 2.40. The summed E-state index contributed by atoms with van der Waals surface area (Å²) in [5, 5.41) is 1.15. The number of nitrogens with two attached hydrogens (primary N) is 1. The maximum Gasteiger partial charge on any atom is 0.0692 e. The molecular formula is C17H18N2O. The number of rotatable bonds is 4. The molecule has 0 atom stereocenters. The van der Waals surface area contributed by atoms with Gasteiger partial charge in [0.25, 0.3) is 0 Å². The van der Waals surface area contributed by atoms with E-state index in [2.05, 4.69) is 29.2 Å². The number of aromatic amines is 1. The van der Waals surface area contributed by atoms with Crippen molar-refractivity contribution in [1.29, 1.82) is 0 Å². The van der Waals surface area contributed by atoms with Crippen molar-refractivity contribution >= 4 is 16.6 Å². The SMILES string of the molecule is COCCc1cc(N)c2[nH]c(-c3ccccc3)cc2c1. The van der Waals surface area contributed by atoms with Crippen LogP contribution < -0.4 is 5.73 Å². The molecule has 0 unspecified atom stereocenters. The molecule has 102 valence electrons. The summed E-state index contributed by atoms with van der Waals surface area (Å²) < 4.78 is 5.12. The lowest BCUT2D eigenvalue weighted by molar-refractivity contribution is 0.202. The quantitative estimate of drug-likeness (QED) is 0.709. The van der Waals surface area contributed by atoms with Gasteiger partial charge in [-0.1, -0.05) is 30.3 Å². The van der Waals surface area contributed by atoms with Gasteiger partial charge in [-0.3, -0.25) is 0 Å². The Labute approximate surface area is 118 Å². The molecule has 2 aromatic carbocycles. The van der Waals surface area contributed by atoms with Gasteiger partial charge in [-0.15, -0.1) is 0 Å². The van der Waals surface area contributed by atoms with E-state index in [0.29, 0.717) is 6.61 Å². The zero-order chi connectivity index (χ0) is 13.9. The van der Waals surface area contributed by atoms with E-state index in [9.17, 15) is 0 Å². The van der Waals surface area contributed by atoms with Crippen molar-refractivity contribution in [1.82, 2.24) is 4.98 Å². The first-order valence-electron chi connectivity index (χ1n) is 6.73. The Hall–Kier alpha value is -2.26. The van der Waals surface area contributed by atoms with Crippen LogP contribution in [0.2, 0.25) is 0 Å². The molecule has 0 saturated carbocycles. The Morgan fingerprint density at radius 2 is 1.90 bits per heavy atom. The van der Waals surface area contributed by atoms with E-state index in [0.717, 1.165) is 28.7 Å². The fraction of sp³-hybridized carbons (Fsp3) is 0.176. The van der Waals surface area contributed by atoms with E-state index in [4.69, 9.17) is 10.5 Å². The topological polar surface area (TPSA) is 51.0 Å². The molecule has 3 N–H and O–H groups in total. The van der Waals surface area contributed by atoms with Gasteiger partial charge >= 0.3 is 0 Å². The van der Waals surface area contributed by atoms with E-state index < -0.39 is 0 Å². The summed E-state index contributed by atoms with van der Waals surface area (Å²) in [4.78, 5) is 3.41. The molecule has 20 heavy (non-hydrogen) atoms. The Balaban J connectivity index is 2.04. The van der Waals surface area contributed by atoms with Gasteiger partial charge in [0.05, 0.1) is 17.8 Å². The van der Waals surface area contributed by atoms with Crippen LogP contribution in [0.3, 0.4) is 0 Å². The van der Waals surface area contributed by atoms with E-state index in [-0.39, 0.29) is 0 Å². The number of H-pyrrole nitrogens is 1. The molecule has 0 saturated heterocycles. The minimum absolute atomic E-state index is 0.709. The highest BCUT2D eigenvalue weighted by molar-refractivity contribution is 5.94. The van der Waals surface area contributed by atoms with Gasteiger partial charge in [-0.2, -0.15) is 0 Å². The molecule has 3 heteroatoms. The zero-order valence-electron chi connectivity index (χ0n) is 11.5. The van der Waals surface area contributed by atoms with Crippen LogP contribution in [0.1, 0.15) is 5.56 Å². The summed E-state index contributed by atoms with van der Waals surface area (Å²) >= 11 is 0. The van der Waals surface area contributed by atoms with E-state index >= 15 is 0 Å². The Morgan fingerprint density at radius 3 is 2.65 bits per heavy atom. The van der Waals surface area contributed by atoms with Crippen LogP contribution in [0.15, 0.2) is 48.5 Å². The number of nitrogens with one attached hydrogen (secondary N) is 1. The number of ether oxygens (including phenoxy) is 1. The number of hydrogen-bond donors (Lipinski definition) is 2. The smallest absolute Gasteiger partial charge is 0.0692 e. The van der Waals surface area contributed by atoms with Crippen molar-refractivity contribution in [3.8, 4) is 11.3 Å². The van der Waals surface area contributed by atoms with Crippen molar-refractivity contribution in [2.45, 2.75) is 6.42 Å². The molecule has 0 bridgehead atoms. The lowest BCUT2D eigenvalue weighted by atomic mass is 10.1. The van der Waals surface area contributed by atoms with Crippen LogP contribution in [-0.4, -0.2) is 18.7 Å². The first-order chi connectivity index (χ1) is 9.78. The van der Waals surface area contributed by atoms with Crippen LogP contribution in [0.5, 0.6) is 0 Å². The molecule has 0 aliphatic heterocycles. The molecule has 3 aromatic rings. The molecule has 0 aliphatic rings. The normalized spacial score (nSPS) is 11.1. The molecule has 0 radical (unpaired) electrons. The first kappa shape index (κ1) is 12.8. The number of nitrogen functional groups attached to an aromatic ring is 1. The first-order valence-corrected chi connectivity index (χ1v) is 6.73. The number of anilines is 1. The third-order valence-electron chi connectivity index (χ3n) is 3.50. The highest BCUT2D eigenvalue weighted by atomic mass is 16.5. The summed E-state index contributed by atoms with van der Waals surface area (Å²) in [6.07, 6.45) is 0.877. The van der Waals surface area contributed by atoms with Gasteiger partial charge in [0.1, 0.15) is 0 Å². The Bertz CT molecular complexity index is 716.